The number of benzene rings is 2. The van der Waals surface area contributed by atoms with Crippen LogP contribution in [0.25, 0.3) is 23.1 Å². The van der Waals surface area contributed by atoms with Gasteiger partial charge in [0.2, 0.25) is 0 Å². The van der Waals surface area contributed by atoms with E-state index >= 15 is 0 Å². The molecule has 0 aliphatic carbocycles. The first-order valence-corrected chi connectivity index (χ1v) is 8.15. The van der Waals surface area contributed by atoms with E-state index in [-0.39, 0.29) is 5.69 Å². The molecule has 0 atom stereocenters. The molecule has 0 saturated heterocycles. The number of non-ortho nitro benzene ring substituents is 1. The lowest BCUT2D eigenvalue weighted by Gasteiger charge is -2.09. The molecule has 0 N–H and O–H groups in total. The highest BCUT2D eigenvalue weighted by molar-refractivity contribution is 5.89. The summed E-state index contributed by atoms with van der Waals surface area (Å²) in [4.78, 5) is 15.2. The third-order valence-electron chi connectivity index (χ3n) is 3.86. The monoisotopic (exact) mass is 350 g/mol. The Morgan fingerprint density at radius 1 is 1.12 bits per heavy atom. The van der Waals surface area contributed by atoms with Crippen molar-refractivity contribution in [2.45, 2.75) is 6.92 Å². The van der Waals surface area contributed by atoms with Crippen LogP contribution in [0, 0.1) is 10.1 Å². The van der Waals surface area contributed by atoms with Gasteiger partial charge in [-0.1, -0.05) is 18.2 Å². The fourth-order valence-corrected chi connectivity index (χ4v) is 2.65. The molecule has 1 heterocycles. The smallest absolute Gasteiger partial charge is 0.278 e. The Labute approximate surface area is 150 Å². The summed E-state index contributed by atoms with van der Waals surface area (Å²) < 4.78 is 10.9. The van der Waals surface area contributed by atoms with Crippen LogP contribution in [0.1, 0.15) is 18.2 Å². The van der Waals surface area contributed by atoms with Crippen molar-refractivity contribution in [1.82, 2.24) is 4.98 Å². The Morgan fingerprint density at radius 3 is 2.69 bits per heavy atom. The van der Waals surface area contributed by atoms with E-state index in [1.165, 1.54) is 6.07 Å². The average molecular weight is 350 g/mol. The number of nitrogens with zero attached hydrogens (tertiary/aromatic N) is 2. The minimum atomic E-state index is -0.397. The summed E-state index contributed by atoms with van der Waals surface area (Å²) in [6.45, 7) is 2.47. The summed E-state index contributed by atoms with van der Waals surface area (Å²) in [6, 6.07) is 14.0. The first kappa shape index (κ1) is 17.4. The first-order chi connectivity index (χ1) is 12.6. The highest BCUT2D eigenvalue weighted by Gasteiger charge is 2.11. The summed E-state index contributed by atoms with van der Waals surface area (Å²) in [6.07, 6.45) is 3.77. The van der Waals surface area contributed by atoms with E-state index < -0.39 is 4.92 Å². The van der Waals surface area contributed by atoms with Crippen molar-refractivity contribution in [2.24, 2.45) is 0 Å². The van der Waals surface area contributed by atoms with Crippen LogP contribution >= 0.6 is 0 Å². The molecule has 26 heavy (non-hydrogen) atoms. The number of ether oxygens (including phenoxy) is 2. The van der Waals surface area contributed by atoms with Gasteiger partial charge in [-0.05, 0) is 48.9 Å². The fourth-order valence-electron chi connectivity index (χ4n) is 2.65. The number of rotatable bonds is 6. The normalized spacial score (nSPS) is 11.0. The summed E-state index contributed by atoms with van der Waals surface area (Å²) >= 11 is 0. The number of fused-ring (bicyclic) bond motifs is 1. The van der Waals surface area contributed by atoms with Crippen molar-refractivity contribution >= 4 is 28.7 Å². The number of hydrogen-bond donors (Lipinski definition) is 0. The van der Waals surface area contributed by atoms with Gasteiger partial charge < -0.3 is 9.47 Å². The van der Waals surface area contributed by atoms with Crippen LogP contribution in [0.3, 0.4) is 0 Å². The molecule has 3 aromatic rings. The van der Waals surface area contributed by atoms with Crippen molar-refractivity contribution in [3.05, 3.63) is 69.9 Å². The number of hydrogen-bond acceptors (Lipinski definition) is 5. The van der Waals surface area contributed by atoms with Gasteiger partial charge in [0.15, 0.2) is 11.5 Å². The predicted octanol–water partition coefficient (Wildman–Crippen LogP) is 4.72. The zero-order chi connectivity index (χ0) is 18.5. The maximum absolute atomic E-state index is 11.1. The van der Waals surface area contributed by atoms with Crippen molar-refractivity contribution < 1.29 is 14.4 Å². The van der Waals surface area contributed by atoms with Crippen LogP contribution in [-0.2, 0) is 0 Å². The minimum Gasteiger partial charge on any atom is -0.493 e. The Morgan fingerprint density at radius 2 is 1.96 bits per heavy atom. The molecule has 0 fully saturated rings. The molecule has 0 aliphatic heterocycles. The lowest BCUT2D eigenvalue weighted by Crippen LogP contribution is -1.95. The summed E-state index contributed by atoms with van der Waals surface area (Å²) in [5, 5.41) is 11.6. The first-order valence-electron chi connectivity index (χ1n) is 8.15. The number of methoxy groups -OCH3 is 1. The van der Waals surface area contributed by atoms with Gasteiger partial charge in [0.1, 0.15) is 0 Å². The van der Waals surface area contributed by atoms with Gasteiger partial charge in [-0.2, -0.15) is 0 Å². The van der Waals surface area contributed by atoms with Crippen LogP contribution in [0.4, 0.5) is 5.69 Å². The molecule has 0 radical (unpaired) electrons. The standard InChI is InChI=1S/C20H18N2O4/c1-3-26-20-13-14(8-12-19(20)25-2)7-9-15-10-11-16-17(21-15)5-4-6-18(16)22(23)24/h4-13H,3H2,1-2H3. The van der Waals surface area contributed by atoms with Crippen LogP contribution < -0.4 is 9.47 Å². The Balaban J connectivity index is 1.91. The number of nitro benzene ring substituents is 1. The van der Waals surface area contributed by atoms with Crippen LogP contribution in [-0.4, -0.2) is 23.6 Å². The predicted molar refractivity (Wildman–Crippen MR) is 101 cm³/mol. The van der Waals surface area contributed by atoms with Gasteiger partial charge in [-0.15, -0.1) is 0 Å². The van der Waals surface area contributed by atoms with Gasteiger partial charge in [0.05, 0.1) is 35.2 Å². The quantitative estimate of drug-likeness (QED) is 0.475. The maximum Gasteiger partial charge on any atom is 0.278 e. The molecule has 0 saturated carbocycles. The van der Waals surface area contributed by atoms with Crippen LogP contribution in [0.2, 0.25) is 0 Å². The summed E-state index contributed by atoms with van der Waals surface area (Å²) in [5.74, 6) is 1.36. The van der Waals surface area contributed by atoms with E-state index in [0.29, 0.717) is 34.7 Å². The van der Waals surface area contributed by atoms with E-state index in [1.807, 2.05) is 37.3 Å². The molecule has 0 spiro atoms. The highest BCUT2D eigenvalue weighted by Crippen LogP contribution is 2.29. The number of pyridine rings is 1. The van der Waals surface area contributed by atoms with Crippen molar-refractivity contribution in [3.63, 3.8) is 0 Å². The van der Waals surface area contributed by atoms with E-state index in [0.717, 1.165) is 5.56 Å². The summed E-state index contributed by atoms with van der Waals surface area (Å²) in [7, 11) is 1.60. The molecule has 3 rings (SSSR count). The van der Waals surface area contributed by atoms with Crippen molar-refractivity contribution in [2.75, 3.05) is 13.7 Å². The van der Waals surface area contributed by atoms with Crippen molar-refractivity contribution in [1.29, 1.82) is 0 Å². The Hall–Kier alpha value is -3.41. The lowest BCUT2D eigenvalue weighted by molar-refractivity contribution is -0.383. The second-order valence-electron chi connectivity index (χ2n) is 5.51. The molecule has 2 aromatic carbocycles. The van der Waals surface area contributed by atoms with E-state index in [1.54, 1.807) is 31.4 Å². The molecule has 0 unspecified atom stereocenters. The fraction of sp³-hybridized carbons (Fsp3) is 0.150. The van der Waals surface area contributed by atoms with E-state index in [9.17, 15) is 10.1 Å². The number of nitro groups is 1. The maximum atomic E-state index is 11.1. The molecule has 132 valence electrons. The highest BCUT2D eigenvalue weighted by atomic mass is 16.6. The lowest BCUT2D eigenvalue weighted by atomic mass is 10.1. The molecular weight excluding hydrogens is 332 g/mol. The molecule has 6 heteroatoms. The van der Waals surface area contributed by atoms with Crippen molar-refractivity contribution in [3.8, 4) is 11.5 Å². The third kappa shape index (κ3) is 3.64. The number of aromatic nitrogens is 1. The molecule has 0 bridgehead atoms. The SMILES string of the molecule is CCOc1cc(C=Cc2ccc3c([N+](=O)[O-])cccc3n2)ccc1OC. The second kappa shape index (κ2) is 7.65. The van der Waals surface area contributed by atoms with Gasteiger partial charge in [0, 0.05) is 6.07 Å². The topological polar surface area (TPSA) is 74.5 Å². The molecular formula is C20H18N2O4. The van der Waals surface area contributed by atoms with Gasteiger partial charge in [-0.3, -0.25) is 10.1 Å². The Bertz CT molecular complexity index is 983. The zero-order valence-electron chi connectivity index (χ0n) is 14.5. The second-order valence-corrected chi connectivity index (χ2v) is 5.51. The molecule has 1 aromatic heterocycles. The van der Waals surface area contributed by atoms with Crippen LogP contribution in [0.5, 0.6) is 11.5 Å². The summed E-state index contributed by atoms with van der Waals surface area (Å²) in [5.41, 5.74) is 2.30. The van der Waals surface area contributed by atoms with Crippen LogP contribution in [0.15, 0.2) is 48.5 Å². The largest absolute Gasteiger partial charge is 0.493 e. The zero-order valence-corrected chi connectivity index (χ0v) is 14.5. The third-order valence-corrected chi connectivity index (χ3v) is 3.86. The van der Waals surface area contributed by atoms with Gasteiger partial charge in [-0.25, -0.2) is 4.98 Å². The van der Waals surface area contributed by atoms with Gasteiger partial charge >= 0.3 is 0 Å². The molecule has 0 aliphatic rings. The molecule has 0 amide bonds. The average Bonchev–Trinajstić information content (AvgIpc) is 2.66. The molecule has 6 nitrogen and oxygen atoms in total. The minimum absolute atomic E-state index is 0.0574. The Kier molecular flexibility index (Phi) is 5.12. The van der Waals surface area contributed by atoms with E-state index in [2.05, 4.69) is 4.98 Å². The van der Waals surface area contributed by atoms with Gasteiger partial charge in [0.25, 0.3) is 5.69 Å². The van der Waals surface area contributed by atoms with E-state index in [4.69, 9.17) is 9.47 Å².